The normalized spacial score (nSPS) is 27.5. The molecule has 0 aromatic rings. The second kappa shape index (κ2) is 5.61. The van der Waals surface area contributed by atoms with Gasteiger partial charge in [-0.05, 0) is 39.8 Å². The molecule has 78 valence electrons. The number of hydrogen-bond acceptors (Lipinski definition) is 2. The topological polar surface area (TPSA) is 15.3 Å². The average Bonchev–Trinajstić information content (AvgIpc) is 2.18. The number of nitrogens with zero attached hydrogens (tertiary/aromatic N) is 1. The molecule has 1 aliphatic rings. The minimum absolute atomic E-state index is 0.763. The third-order valence-corrected chi connectivity index (χ3v) is 3.27. The lowest BCUT2D eigenvalue weighted by Gasteiger charge is -2.39. The number of hydrogen-bond donors (Lipinski definition) is 1. The van der Waals surface area contributed by atoms with E-state index in [0.717, 1.165) is 18.6 Å². The van der Waals surface area contributed by atoms with E-state index in [9.17, 15) is 0 Å². The van der Waals surface area contributed by atoms with Crippen molar-refractivity contribution in [1.29, 1.82) is 0 Å². The summed E-state index contributed by atoms with van der Waals surface area (Å²) in [5, 5.41) is 3.30. The van der Waals surface area contributed by atoms with Crippen molar-refractivity contribution in [3.63, 3.8) is 0 Å². The quantitative estimate of drug-likeness (QED) is 0.717. The van der Waals surface area contributed by atoms with Crippen molar-refractivity contribution in [3.05, 3.63) is 0 Å². The Hall–Kier alpha value is -0.0800. The Morgan fingerprint density at radius 3 is 2.85 bits per heavy atom. The zero-order valence-electron chi connectivity index (χ0n) is 9.34. The van der Waals surface area contributed by atoms with Crippen molar-refractivity contribution >= 4 is 0 Å². The minimum Gasteiger partial charge on any atom is -0.318 e. The highest BCUT2D eigenvalue weighted by Crippen LogP contribution is 2.20. The molecule has 0 bridgehead atoms. The first-order chi connectivity index (χ1) is 6.29. The second-order valence-corrected chi connectivity index (χ2v) is 4.20. The molecule has 13 heavy (non-hydrogen) atoms. The van der Waals surface area contributed by atoms with Gasteiger partial charge >= 0.3 is 0 Å². The Balaban J connectivity index is 2.45. The van der Waals surface area contributed by atoms with Crippen LogP contribution in [0.15, 0.2) is 0 Å². The van der Waals surface area contributed by atoms with Gasteiger partial charge in [-0.25, -0.2) is 0 Å². The standard InChI is InChI=1S/C11H24N2/c1-4-10(2)13-8-6-5-7-11(13)9-12-3/h10-12H,4-9H2,1-3H3. The summed E-state index contributed by atoms with van der Waals surface area (Å²) in [4.78, 5) is 2.68. The molecule has 2 atom stereocenters. The monoisotopic (exact) mass is 184 g/mol. The second-order valence-electron chi connectivity index (χ2n) is 4.20. The Bertz CT molecular complexity index is 134. The Labute approximate surface area is 82.7 Å². The molecule has 0 aliphatic carbocycles. The van der Waals surface area contributed by atoms with E-state index in [1.807, 2.05) is 0 Å². The molecule has 1 aliphatic heterocycles. The molecule has 0 aromatic heterocycles. The van der Waals surface area contributed by atoms with Crippen molar-refractivity contribution in [2.24, 2.45) is 0 Å². The fraction of sp³-hybridized carbons (Fsp3) is 1.00. The molecular formula is C11H24N2. The zero-order chi connectivity index (χ0) is 9.68. The van der Waals surface area contributed by atoms with Gasteiger partial charge in [-0.2, -0.15) is 0 Å². The molecule has 1 fully saturated rings. The third kappa shape index (κ3) is 2.96. The minimum atomic E-state index is 0.763. The van der Waals surface area contributed by atoms with E-state index in [1.165, 1.54) is 32.2 Å². The van der Waals surface area contributed by atoms with E-state index >= 15 is 0 Å². The molecule has 0 aromatic carbocycles. The van der Waals surface area contributed by atoms with Crippen LogP contribution in [0.4, 0.5) is 0 Å². The molecule has 0 spiro atoms. The van der Waals surface area contributed by atoms with E-state index in [-0.39, 0.29) is 0 Å². The first-order valence-electron chi connectivity index (χ1n) is 5.70. The summed E-state index contributed by atoms with van der Waals surface area (Å²) >= 11 is 0. The van der Waals surface area contributed by atoms with Gasteiger partial charge < -0.3 is 5.32 Å². The van der Waals surface area contributed by atoms with Gasteiger partial charge in [0, 0.05) is 18.6 Å². The zero-order valence-corrected chi connectivity index (χ0v) is 9.34. The van der Waals surface area contributed by atoms with Crippen LogP contribution in [0.1, 0.15) is 39.5 Å². The van der Waals surface area contributed by atoms with Gasteiger partial charge in [-0.3, -0.25) is 4.90 Å². The van der Waals surface area contributed by atoms with Crippen LogP contribution in [0, 0.1) is 0 Å². The smallest absolute Gasteiger partial charge is 0.0223 e. The SMILES string of the molecule is CCC(C)N1CCCCC1CNC. The van der Waals surface area contributed by atoms with Crippen LogP contribution in [0.3, 0.4) is 0 Å². The summed E-state index contributed by atoms with van der Waals surface area (Å²) in [5.74, 6) is 0. The van der Waals surface area contributed by atoms with Gasteiger partial charge in [-0.15, -0.1) is 0 Å². The molecule has 1 saturated heterocycles. The lowest BCUT2D eigenvalue weighted by atomic mass is 9.99. The van der Waals surface area contributed by atoms with Crippen molar-refractivity contribution in [3.8, 4) is 0 Å². The van der Waals surface area contributed by atoms with Gasteiger partial charge in [0.2, 0.25) is 0 Å². The van der Waals surface area contributed by atoms with E-state index in [4.69, 9.17) is 0 Å². The maximum atomic E-state index is 3.30. The fourth-order valence-corrected chi connectivity index (χ4v) is 2.29. The summed E-state index contributed by atoms with van der Waals surface area (Å²) in [6.07, 6.45) is 5.47. The molecule has 0 amide bonds. The van der Waals surface area contributed by atoms with Crippen LogP contribution < -0.4 is 5.32 Å². The Morgan fingerprint density at radius 2 is 2.23 bits per heavy atom. The summed E-state index contributed by atoms with van der Waals surface area (Å²) < 4.78 is 0. The van der Waals surface area contributed by atoms with E-state index < -0.39 is 0 Å². The molecule has 1 heterocycles. The third-order valence-electron chi connectivity index (χ3n) is 3.27. The van der Waals surface area contributed by atoms with Gasteiger partial charge in [-0.1, -0.05) is 13.3 Å². The molecule has 0 radical (unpaired) electrons. The van der Waals surface area contributed by atoms with E-state index in [2.05, 4.69) is 31.1 Å². The van der Waals surface area contributed by atoms with Crippen LogP contribution in [-0.4, -0.2) is 37.1 Å². The number of nitrogens with one attached hydrogen (secondary N) is 1. The van der Waals surface area contributed by atoms with Crippen molar-refractivity contribution in [2.75, 3.05) is 20.1 Å². The Morgan fingerprint density at radius 1 is 1.46 bits per heavy atom. The molecule has 0 saturated carbocycles. The number of likely N-dealkylation sites (tertiary alicyclic amines) is 1. The Kier molecular flexibility index (Phi) is 4.74. The molecule has 2 unspecified atom stereocenters. The van der Waals surface area contributed by atoms with Crippen LogP contribution in [0.5, 0.6) is 0 Å². The summed E-state index contributed by atoms with van der Waals surface area (Å²) in [6, 6.07) is 1.55. The number of rotatable bonds is 4. The van der Waals surface area contributed by atoms with Crippen molar-refractivity contribution in [2.45, 2.75) is 51.6 Å². The predicted molar refractivity (Wildman–Crippen MR) is 58.0 cm³/mol. The first-order valence-corrected chi connectivity index (χ1v) is 5.70. The molecular weight excluding hydrogens is 160 g/mol. The average molecular weight is 184 g/mol. The van der Waals surface area contributed by atoms with E-state index in [1.54, 1.807) is 0 Å². The van der Waals surface area contributed by atoms with Gasteiger partial charge in [0.15, 0.2) is 0 Å². The predicted octanol–water partition coefficient (Wildman–Crippen LogP) is 1.86. The highest BCUT2D eigenvalue weighted by Gasteiger charge is 2.24. The maximum absolute atomic E-state index is 3.30. The number of likely N-dealkylation sites (N-methyl/N-ethyl adjacent to an activating group) is 1. The van der Waals surface area contributed by atoms with Crippen LogP contribution in [-0.2, 0) is 0 Å². The van der Waals surface area contributed by atoms with E-state index in [0.29, 0.717) is 0 Å². The van der Waals surface area contributed by atoms with Gasteiger partial charge in [0.1, 0.15) is 0 Å². The largest absolute Gasteiger partial charge is 0.318 e. The summed E-state index contributed by atoms with van der Waals surface area (Å²) in [5.41, 5.74) is 0. The molecule has 1 N–H and O–H groups in total. The van der Waals surface area contributed by atoms with Crippen LogP contribution in [0.2, 0.25) is 0 Å². The fourth-order valence-electron chi connectivity index (χ4n) is 2.29. The maximum Gasteiger partial charge on any atom is 0.0223 e. The summed E-state index contributed by atoms with van der Waals surface area (Å²) in [7, 11) is 2.06. The molecule has 1 rings (SSSR count). The van der Waals surface area contributed by atoms with Crippen LogP contribution >= 0.6 is 0 Å². The lowest BCUT2D eigenvalue weighted by Crippen LogP contribution is -2.48. The first kappa shape index (κ1) is 11.0. The highest BCUT2D eigenvalue weighted by atomic mass is 15.2. The van der Waals surface area contributed by atoms with Crippen LogP contribution in [0.25, 0.3) is 0 Å². The van der Waals surface area contributed by atoms with Gasteiger partial charge in [0.25, 0.3) is 0 Å². The van der Waals surface area contributed by atoms with Crippen molar-refractivity contribution < 1.29 is 0 Å². The molecule has 2 nitrogen and oxygen atoms in total. The summed E-state index contributed by atoms with van der Waals surface area (Å²) in [6.45, 7) is 7.11. The highest BCUT2D eigenvalue weighted by molar-refractivity contribution is 4.81. The lowest BCUT2D eigenvalue weighted by molar-refractivity contribution is 0.101. The van der Waals surface area contributed by atoms with Gasteiger partial charge in [0.05, 0.1) is 0 Å². The number of piperidine rings is 1. The molecule has 2 heteroatoms. The van der Waals surface area contributed by atoms with Crippen molar-refractivity contribution in [1.82, 2.24) is 10.2 Å².